The normalized spacial score (nSPS) is 10.2. The van der Waals surface area contributed by atoms with Crippen LogP contribution in [0.3, 0.4) is 0 Å². The van der Waals surface area contributed by atoms with Crippen LogP contribution in [0.15, 0.2) is 54.6 Å². The van der Waals surface area contributed by atoms with E-state index in [2.05, 4.69) is 0 Å². The van der Waals surface area contributed by atoms with Crippen LogP contribution in [0.4, 0.5) is 0 Å². The van der Waals surface area contributed by atoms with E-state index in [1.54, 1.807) is 18.2 Å². The summed E-state index contributed by atoms with van der Waals surface area (Å²) in [5.41, 5.74) is 1.22. The number of carbonyl (C=O) groups is 1. The summed E-state index contributed by atoms with van der Waals surface area (Å²) in [6.45, 7) is 0.503. The molecule has 0 fully saturated rings. The average Bonchev–Trinajstić information content (AvgIpc) is 2.48. The van der Waals surface area contributed by atoms with Gasteiger partial charge in [0.25, 0.3) is 5.91 Å². The highest BCUT2D eigenvalue weighted by atomic mass is 16.3. The largest absolute Gasteiger partial charge is 0.507 e. The van der Waals surface area contributed by atoms with E-state index in [0.717, 1.165) is 5.56 Å². The van der Waals surface area contributed by atoms with E-state index in [0.29, 0.717) is 6.54 Å². The lowest BCUT2D eigenvalue weighted by Crippen LogP contribution is -2.33. The highest BCUT2D eigenvalue weighted by Crippen LogP contribution is 2.19. The third kappa shape index (κ3) is 3.36. The molecule has 0 unspecified atom stereocenters. The van der Waals surface area contributed by atoms with Gasteiger partial charge in [-0.3, -0.25) is 4.79 Å². The third-order valence-corrected chi connectivity index (χ3v) is 3.01. The van der Waals surface area contributed by atoms with E-state index >= 15 is 0 Å². The average molecular weight is 271 g/mol. The summed E-state index contributed by atoms with van der Waals surface area (Å²) in [4.78, 5) is 13.9. The number of rotatable bonds is 5. The summed E-state index contributed by atoms with van der Waals surface area (Å²) >= 11 is 0. The van der Waals surface area contributed by atoms with Crippen LogP contribution in [0.1, 0.15) is 15.9 Å². The number of hydrogen-bond acceptors (Lipinski definition) is 3. The van der Waals surface area contributed by atoms with Gasteiger partial charge in [0.1, 0.15) is 5.75 Å². The minimum Gasteiger partial charge on any atom is -0.507 e. The number of hydrogen-bond donors (Lipinski definition) is 2. The Morgan fingerprint density at radius 1 is 1.00 bits per heavy atom. The molecule has 0 aliphatic rings. The zero-order chi connectivity index (χ0) is 14.4. The summed E-state index contributed by atoms with van der Waals surface area (Å²) in [7, 11) is 0. The number of phenolic OH excluding ortho intramolecular Hbond substituents is 1. The van der Waals surface area contributed by atoms with Crippen LogP contribution < -0.4 is 0 Å². The van der Waals surface area contributed by atoms with Crippen molar-refractivity contribution in [2.75, 3.05) is 13.2 Å². The Bertz CT molecular complexity index is 569. The van der Waals surface area contributed by atoms with Gasteiger partial charge in [0.05, 0.1) is 12.2 Å². The minimum absolute atomic E-state index is 0.0477. The Kier molecular flexibility index (Phi) is 4.74. The van der Waals surface area contributed by atoms with Gasteiger partial charge in [-0.05, 0) is 17.7 Å². The maximum Gasteiger partial charge on any atom is 0.257 e. The number of aliphatic hydroxyl groups is 1. The number of nitrogens with zero attached hydrogens (tertiary/aromatic N) is 1. The summed E-state index contributed by atoms with van der Waals surface area (Å²) in [5, 5.41) is 18.9. The van der Waals surface area contributed by atoms with Crippen molar-refractivity contribution in [2.24, 2.45) is 0 Å². The Hall–Kier alpha value is -2.33. The first-order chi connectivity index (χ1) is 9.72. The molecule has 104 valence electrons. The summed E-state index contributed by atoms with van der Waals surface area (Å²) in [6.07, 6.45) is 0. The molecule has 4 heteroatoms. The van der Waals surface area contributed by atoms with Crippen LogP contribution >= 0.6 is 0 Å². The molecular weight excluding hydrogens is 254 g/mol. The van der Waals surface area contributed by atoms with Gasteiger partial charge < -0.3 is 15.1 Å². The monoisotopic (exact) mass is 271 g/mol. The topological polar surface area (TPSA) is 60.8 Å². The zero-order valence-corrected chi connectivity index (χ0v) is 11.1. The highest BCUT2D eigenvalue weighted by Gasteiger charge is 2.18. The van der Waals surface area contributed by atoms with E-state index in [1.165, 1.54) is 11.0 Å². The molecule has 0 saturated heterocycles. The van der Waals surface area contributed by atoms with Gasteiger partial charge in [0, 0.05) is 13.1 Å². The number of aliphatic hydroxyl groups excluding tert-OH is 1. The van der Waals surface area contributed by atoms with Crippen molar-refractivity contribution >= 4 is 5.91 Å². The molecule has 2 N–H and O–H groups in total. The molecule has 20 heavy (non-hydrogen) atoms. The summed E-state index contributed by atoms with van der Waals surface area (Å²) in [5.74, 6) is -0.338. The highest BCUT2D eigenvalue weighted by molar-refractivity contribution is 5.96. The van der Waals surface area contributed by atoms with Crippen LogP contribution in [-0.4, -0.2) is 34.2 Å². The molecule has 0 aliphatic heterocycles. The van der Waals surface area contributed by atoms with Crippen LogP contribution in [0.5, 0.6) is 5.75 Å². The number of aromatic hydroxyl groups is 1. The van der Waals surface area contributed by atoms with Crippen molar-refractivity contribution in [3.63, 3.8) is 0 Å². The van der Waals surface area contributed by atoms with Crippen LogP contribution in [-0.2, 0) is 6.54 Å². The van der Waals surface area contributed by atoms with Gasteiger partial charge in [0.15, 0.2) is 0 Å². The number of carbonyl (C=O) groups excluding carboxylic acids is 1. The lowest BCUT2D eigenvalue weighted by molar-refractivity contribution is 0.0705. The van der Waals surface area contributed by atoms with E-state index in [-0.39, 0.29) is 30.4 Å². The second-order valence-corrected chi connectivity index (χ2v) is 4.45. The molecule has 0 aliphatic carbocycles. The molecule has 2 rings (SSSR count). The SMILES string of the molecule is O=C(c1ccccc1O)N(CCO)Cc1ccccc1. The van der Waals surface area contributed by atoms with E-state index in [9.17, 15) is 9.90 Å². The van der Waals surface area contributed by atoms with Crippen LogP contribution in [0, 0.1) is 0 Å². The molecule has 1 amide bonds. The fourth-order valence-corrected chi connectivity index (χ4v) is 2.00. The van der Waals surface area contributed by atoms with Crippen molar-refractivity contribution in [3.8, 4) is 5.75 Å². The molecule has 0 radical (unpaired) electrons. The van der Waals surface area contributed by atoms with Crippen molar-refractivity contribution in [1.29, 1.82) is 0 Å². The first-order valence-electron chi connectivity index (χ1n) is 6.44. The molecule has 0 aromatic heterocycles. The first kappa shape index (κ1) is 14.1. The minimum atomic E-state index is -0.291. The molecule has 0 bridgehead atoms. The lowest BCUT2D eigenvalue weighted by Gasteiger charge is -2.22. The molecule has 0 spiro atoms. The standard InChI is InChI=1S/C16H17NO3/c18-11-10-17(12-13-6-2-1-3-7-13)16(20)14-8-4-5-9-15(14)19/h1-9,18-19H,10-12H2. The number of para-hydroxylation sites is 1. The first-order valence-corrected chi connectivity index (χ1v) is 6.44. The van der Waals surface area contributed by atoms with Gasteiger partial charge in [-0.25, -0.2) is 0 Å². The molecule has 0 atom stereocenters. The lowest BCUT2D eigenvalue weighted by atomic mass is 10.1. The van der Waals surface area contributed by atoms with E-state index in [4.69, 9.17) is 5.11 Å². The number of benzene rings is 2. The second-order valence-electron chi connectivity index (χ2n) is 4.45. The summed E-state index contributed by atoms with van der Waals surface area (Å²) < 4.78 is 0. The number of phenols is 1. The molecule has 4 nitrogen and oxygen atoms in total. The van der Waals surface area contributed by atoms with Gasteiger partial charge >= 0.3 is 0 Å². The molecule has 0 heterocycles. The van der Waals surface area contributed by atoms with Gasteiger partial charge in [-0.15, -0.1) is 0 Å². The van der Waals surface area contributed by atoms with E-state index < -0.39 is 0 Å². The van der Waals surface area contributed by atoms with Crippen molar-refractivity contribution in [2.45, 2.75) is 6.54 Å². The second kappa shape index (κ2) is 6.73. The van der Waals surface area contributed by atoms with Crippen LogP contribution in [0.25, 0.3) is 0 Å². The van der Waals surface area contributed by atoms with Crippen molar-refractivity contribution < 1.29 is 15.0 Å². The van der Waals surface area contributed by atoms with E-state index in [1.807, 2.05) is 30.3 Å². The Morgan fingerprint density at radius 2 is 1.65 bits per heavy atom. The fourth-order valence-electron chi connectivity index (χ4n) is 2.00. The molecule has 2 aromatic rings. The van der Waals surface area contributed by atoms with Gasteiger partial charge in [0.2, 0.25) is 0 Å². The van der Waals surface area contributed by atoms with Crippen LogP contribution in [0.2, 0.25) is 0 Å². The quantitative estimate of drug-likeness (QED) is 0.874. The molecule has 0 saturated carbocycles. The maximum atomic E-state index is 12.4. The Morgan fingerprint density at radius 3 is 2.30 bits per heavy atom. The van der Waals surface area contributed by atoms with Gasteiger partial charge in [-0.1, -0.05) is 42.5 Å². The maximum absolute atomic E-state index is 12.4. The third-order valence-electron chi connectivity index (χ3n) is 3.01. The van der Waals surface area contributed by atoms with Crippen molar-refractivity contribution in [3.05, 3.63) is 65.7 Å². The summed E-state index contributed by atoms with van der Waals surface area (Å²) in [6, 6.07) is 16.0. The van der Waals surface area contributed by atoms with Crippen molar-refractivity contribution in [1.82, 2.24) is 4.90 Å². The molecule has 2 aromatic carbocycles. The van der Waals surface area contributed by atoms with Gasteiger partial charge in [-0.2, -0.15) is 0 Å². The number of amides is 1. The Labute approximate surface area is 117 Å². The predicted molar refractivity (Wildman–Crippen MR) is 76.4 cm³/mol. The zero-order valence-electron chi connectivity index (χ0n) is 11.1. The fraction of sp³-hybridized carbons (Fsp3) is 0.188. The predicted octanol–water partition coefficient (Wildman–Crippen LogP) is 2.03. The smallest absolute Gasteiger partial charge is 0.257 e. The Balaban J connectivity index is 2.20. The molecular formula is C16H17NO3.